The predicted molar refractivity (Wildman–Crippen MR) is 22.1 cm³/mol. The zero-order valence-electron chi connectivity index (χ0n) is 3.53. The summed E-state index contributed by atoms with van der Waals surface area (Å²) < 4.78 is 0. The summed E-state index contributed by atoms with van der Waals surface area (Å²) in [6.07, 6.45) is 1.64. The van der Waals surface area contributed by atoms with Gasteiger partial charge in [0.25, 0.3) is 0 Å². The summed E-state index contributed by atoms with van der Waals surface area (Å²) in [4.78, 5) is 0. The number of rotatable bonds is 0. The van der Waals surface area contributed by atoms with Crippen molar-refractivity contribution in [1.29, 1.82) is 0 Å². The van der Waals surface area contributed by atoms with Gasteiger partial charge in [-0.2, -0.15) is 0 Å². The summed E-state index contributed by atoms with van der Waals surface area (Å²) in [7, 11) is 0. The van der Waals surface area contributed by atoms with Crippen LogP contribution in [-0.4, -0.2) is 0 Å². The Kier molecular flexibility index (Phi) is 7.52. The molecule has 0 fully saturated rings. The topological polar surface area (TPSA) is 52.0 Å². The molecule has 0 aromatic carbocycles. The van der Waals surface area contributed by atoms with E-state index in [2.05, 4.69) is 0 Å². The van der Waals surface area contributed by atoms with Gasteiger partial charge in [-0.15, -0.1) is 0 Å². The quantitative estimate of drug-likeness (QED) is 0.451. The number of hydrogen-bond donors (Lipinski definition) is 2. The third-order valence-electron chi connectivity index (χ3n) is 0.333. The summed E-state index contributed by atoms with van der Waals surface area (Å²) in [6, 6.07) is 0. The van der Waals surface area contributed by atoms with E-state index in [0.717, 1.165) is 0 Å². The third-order valence-corrected chi connectivity index (χ3v) is 0.333. The maximum absolute atomic E-state index is 4.93. The van der Waals surface area contributed by atoms with Crippen molar-refractivity contribution in [3.8, 4) is 0 Å². The smallest absolute Gasteiger partial charge is 0.0889 e. The first kappa shape index (κ1) is 9.29. The molecule has 0 aliphatic carbocycles. The molecule has 41 valence electrons. The van der Waals surface area contributed by atoms with Gasteiger partial charge < -0.3 is 11.5 Å². The molecule has 2 nitrogen and oxygen atoms in total. The standard InChI is InChI=1S/C3H8N2.Cu/c1-2-3(4)5;/h2H,4-5H2,1H3;. The fourth-order valence-electron chi connectivity index (χ4n) is 0. The van der Waals surface area contributed by atoms with Crippen LogP contribution in [-0.2, 0) is 17.1 Å². The molecule has 0 saturated carbocycles. The van der Waals surface area contributed by atoms with Crippen LogP contribution >= 0.6 is 0 Å². The van der Waals surface area contributed by atoms with Gasteiger partial charge in [0, 0.05) is 17.1 Å². The van der Waals surface area contributed by atoms with Gasteiger partial charge in [0.1, 0.15) is 0 Å². The van der Waals surface area contributed by atoms with Crippen molar-refractivity contribution in [3.05, 3.63) is 11.9 Å². The molecule has 0 bridgehead atoms. The van der Waals surface area contributed by atoms with Crippen LogP contribution in [0.1, 0.15) is 6.92 Å². The van der Waals surface area contributed by atoms with Crippen LogP contribution < -0.4 is 11.5 Å². The maximum atomic E-state index is 4.93. The molecule has 0 aromatic heterocycles. The first-order valence-electron chi connectivity index (χ1n) is 1.44. The van der Waals surface area contributed by atoms with Gasteiger partial charge in [-0.3, -0.25) is 0 Å². The summed E-state index contributed by atoms with van der Waals surface area (Å²) >= 11 is 0. The number of nitrogens with two attached hydrogens (primary N) is 2. The zero-order valence-corrected chi connectivity index (χ0v) is 4.48. The van der Waals surface area contributed by atoms with Crippen molar-refractivity contribution in [3.63, 3.8) is 0 Å². The molecular weight excluding hydrogens is 128 g/mol. The summed E-state index contributed by atoms with van der Waals surface area (Å²) in [5, 5.41) is 0. The second kappa shape index (κ2) is 4.86. The average molecular weight is 136 g/mol. The van der Waals surface area contributed by atoms with Crippen molar-refractivity contribution >= 4 is 0 Å². The minimum absolute atomic E-state index is 0. The Hall–Kier alpha value is -0.141. The van der Waals surface area contributed by atoms with E-state index in [4.69, 9.17) is 11.5 Å². The van der Waals surface area contributed by atoms with E-state index in [-0.39, 0.29) is 17.1 Å². The molecule has 3 heteroatoms. The van der Waals surface area contributed by atoms with E-state index in [0.29, 0.717) is 5.82 Å². The Bertz CT molecular complexity index is 46.8. The largest absolute Gasteiger partial charge is 0.386 e. The first-order valence-corrected chi connectivity index (χ1v) is 1.44. The van der Waals surface area contributed by atoms with Crippen LogP contribution in [0, 0.1) is 0 Å². The van der Waals surface area contributed by atoms with Gasteiger partial charge in [0.2, 0.25) is 0 Å². The number of hydrogen-bond acceptors (Lipinski definition) is 2. The summed E-state index contributed by atoms with van der Waals surface area (Å²) in [6.45, 7) is 1.79. The molecule has 0 unspecified atom stereocenters. The van der Waals surface area contributed by atoms with E-state index in [1.807, 2.05) is 0 Å². The molecule has 0 saturated heterocycles. The Morgan fingerprint density at radius 3 is 1.67 bits per heavy atom. The molecule has 1 radical (unpaired) electrons. The van der Waals surface area contributed by atoms with Crippen molar-refractivity contribution in [2.24, 2.45) is 11.5 Å². The van der Waals surface area contributed by atoms with E-state index in [9.17, 15) is 0 Å². The van der Waals surface area contributed by atoms with Crippen LogP contribution in [0.5, 0.6) is 0 Å². The summed E-state index contributed by atoms with van der Waals surface area (Å²) in [5.41, 5.74) is 9.86. The molecule has 4 N–H and O–H groups in total. The van der Waals surface area contributed by atoms with Crippen LogP contribution in [0.15, 0.2) is 11.9 Å². The predicted octanol–water partition coefficient (Wildman–Crippen LogP) is -0.237. The fraction of sp³-hybridized carbons (Fsp3) is 0.333. The molecule has 0 rings (SSSR count). The van der Waals surface area contributed by atoms with Crippen molar-refractivity contribution in [2.75, 3.05) is 0 Å². The molecule has 0 spiro atoms. The molecule has 0 aliphatic rings. The fourth-order valence-corrected chi connectivity index (χ4v) is 0. The van der Waals surface area contributed by atoms with E-state index in [1.165, 1.54) is 0 Å². The maximum Gasteiger partial charge on any atom is 0.0889 e. The normalized spacial score (nSPS) is 5.50. The Morgan fingerprint density at radius 1 is 1.50 bits per heavy atom. The molecule has 0 aromatic rings. The van der Waals surface area contributed by atoms with Gasteiger partial charge in [0.05, 0.1) is 5.82 Å². The van der Waals surface area contributed by atoms with E-state index < -0.39 is 0 Å². The monoisotopic (exact) mass is 135 g/mol. The summed E-state index contributed by atoms with van der Waals surface area (Å²) in [5.74, 6) is 0.380. The number of allylic oxidation sites excluding steroid dienone is 1. The van der Waals surface area contributed by atoms with E-state index >= 15 is 0 Å². The van der Waals surface area contributed by atoms with Crippen LogP contribution in [0.4, 0.5) is 0 Å². The van der Waals surface area contributed by atoms with Crippen LogP contribution in [0.3, 0.4) is 0 Å². The van der Waals surface area contributed by atoms with Crippen molar-refractivity contribution in [1.82, 2.24) is 0 Å². The van der Waals surface area contributed by atoms with Crippen LogP contribution in [0.25, 0.3) is 0 Å². The second-order valence-corrected chi connectivity index (χ2v) is 0.789. The zero-order chi connectivity index (χ0) is 4.28. The SMILES string of the molecule is CC=C(N)N.[Cu]. The molecule has 6 heavy (non-hydrogen) atoms. The molecule has 0 heterocycles. The van der Waals surface area contributed by atoms with Gasteiger partial charge in [-0.1, -0.05) is 0 Å². The molecular formula is C3H8CuN2. The Balaban J connectivity index is 0. The average Bonchev–Trinajstić information content (AvgIpc) is 1.38. The Morgan fingerprint density at radius 2 is 1.67 bits per heavy atom. The minimum atomic E-state index is 0. The Labute approximate surface area is 48.1 Å². The van der Waals surface area contributed by atoms with Gasteiger partial charge >= 0.3 is 0 Å². The minimum Gasteiger partial charge on any atom is -0.386 e. The van der Waals surface area contributed by atoms with Gasteiger partial charge in [-0.25, -0.2) is 0 Å². The third kappa shape index (κ3) is 9.13. The first-order chi connectivity index (χ1) is 2.27. The van der Waals surface area contributed by atoms with Crippen molar-refractivity contribution in [2.45, 2.75) is 6.92 Å². The molecule has 0 atom stereocenters. The molecule has 0 aliphatic heterocycles. The van der Waals surface area contributed by atoms with Crippen molar-refractivity contribution < 1.29 is 17.1 Å². The van der Waals surface area contributed by atoms with Gasteiger partial charge in [-0.05, 0) is 13.0 Å². The molecule has 0 amide bonds. The van der Waals surface area contributed by atoms with Crippen LogP contribution in [0.2, 0.25) is 0 Å². The second-order valence-electron chi connectivity index (χ2n) is 0.789. The van der Waals surface area contributed by atoms with Gasteiger partial charge in [0.15, 0.2) is 0 Å². The van der Waals surface area contributed by atoms with E-state index in [1.54, 1.807) is 13.0 Å².